The van der Waals surface area contributed by atoms with Crippen LogP contribution in [0.25, 0.3) is 0 Å². The number of carboxylic acid groups (broad SMARTS) is 1. The Bertz CT molecular complexity index is 526. The predicted octanol–water partition coefficient (Wildman–Crippen LogP) is 3.50. The Hall–Kier alpha value is -1.80. The van der Waals surface area contributed by atoms with E-state index in [1.54, 1.807) is 0 Å². The van der Waals surface area contributed by atoms with Crippen LogP contribution in [0.1, 0.15) is 17.5 Å². The van der Waals surface area contributed by atoms with Crippen LogP contribution in [-0.2, 0) is 10.2 Å². The Morgan fingerprint density at radius 2 is 1.37 bits per heavy atom. The molecule has 3 rings (SSSR count). The minimum Gasteiger partial charge on any atom is -0.481 e. The topological polar surface area (TPSA) is 37.3 Å². The molecule has 19 heavy (non-hydrogen) atoms. The van der Waals surface area contributed by atoms with Crippen LogP contribution in [0.3, 0.4) is 0 Å². The Morgan fingerprint density at radius 1 is 0.947 bits per heavy atom. The number of hydrogen-bond acceptors (Lipinski definition) is 1. The van der Waals surface area contributed by atoms with Crippen molar-refractivity contribution in [2.45, 2.75) is 11.8 Å². The van der Waals surface area contributed by atoms with Crippen molar-refractivity contribution in [2.75, 3.05) is 0 Å². The van der Waals surface area contributed by atoms with Crippen LogP contribution >= 0.6 is 12.4 Å². The highest BCUT2D eigenvalue weighted by molar-refractivity contribution is 5.85. The second kappa shape index (κ2) is 5.06. The molecule has 1 fully saturated rings. The van der Waals surface area contributed by atoms with Crippen LogP contribution in [0.2, 0.25) is 0 Å². The maximum absolute atomic E-state index is 11.3. The zero-order chi connectivity index (χ0) is 12.6. The van der Waals surface area contributed by atoms with E-state index in [1.807, 2.05) is 60.7 Å². The van der Waals surface area contributed by atoms with Crippen molar-refractivity contribution in [1.29, 1.82) is 0 Å². The number of hydrogen-bond donors (Lipinski definition) is 1. The maximum Gasteiger partial charge on any atom is 0.307 e. The van der Waals surface area contributed by atoms with E-state index in [-0.39, 0.29) is 23.7 Å². The lowest BCUT2D eigenvalue weighted by Crippen LogP contribution is -2.16. The predicted molar refractivity (Wildman–Crippen MR) is 76.7 cm³/mol. The number of carbonyl (C=O) groups is 1. The molecule has 1 N–H and O–H groups in total. The number of aliphatic carboxylic acids is 1. The van der Waals surface area contributed by atoms with Crippen molar-refractivity contribution in [3.05, 3.63) is 71.8 Å². The highest BCUT2D eigenvalue weighted by atomic mass is 35.5. The third-order valence-electron chi connectivity index (χ3n) is 3.84. The second-order valence-electron chi connectivity index (χ2n) is 4.80. The van der Waals surface area contributed by atoms with E-state index in [0.29, 0.717) is 6.42 Å². The molecule has 0 amide bonds. The summed E-state index contributed by atoms with van der Waals surface area (Å²) < 4.78 is 0. The summed E-state index contributed by atoms with van der Waals surface area (Å²) in [6.07, 6.45) is 0.691. The lowest BCUT2D eigenvalue weighted by atomic mass is 9.86. The van der Waals surface area contributed by atoms with E-state index in [4.69, 9.17) is 0 Å². The monoisotopic (exact) mass is 274 g/mol. The average molecular weight is 275 g/mol. The van der Waals surface area contributed by atoms with Gasteiger partial charge in [-0.15, -0.1) is 12.4 Å². The van der Waals surface area contributed by atoms with Crippen molar-refractivity contribution in [3.63, 3.8) is 0 Å². The quantitative estimate of drug-likeness (QED) is 0.930. The van der Waals surface area contributed by atoms with Gasteiger partial charge < -0.3 is 5.11 Å². The van der Waals surface area contributed by atoms with Gasteiger partial charge in [-0.05, 0) is 17.5 Å². The van der Waals surface area contributed by atoms with Crippen molar-refractivity contribution >= 4 is 18.4 Å². The van der Waals surface area contributed by atoms with Crippen LogP contribution in [0, 0.1) is 5.92 Å². The van der Waals surface area contributed by atoms with Gasteiger partial charge in [-0.2, -0.15) is 0 Å². The van der Waals surface area contributed by atoms with Gasteiger partial charge in [0.05, 0.1) is 5.92 Å². The third kappa shape index (κ3) is 2.13. The van der Waals surface area contributed by atoms with E-state index in [0.717, 1.165) is 11.1 Å². The first kappa shape index (κ1) is 13.6. The van der Waals surface area contributed by atoms with Gasteiger partial charge in [-0.1, -0.05) is 60.7 Å². The molecule has 0 saturated heterocycles. The maximum atomic E-state index is 11.3. The fraction of sp³-hybridized carbons (Fsp3) is 0.188. The van der Waals surface area contributed by atoms with Gasteiger partial charge >= 0.3 is 5.97 Å². The van der Waals surface area contributed by atoms with Gasteiger partial charge in [0.2, 0.25) is 0 Å². The molecule has 0 spiro atoms. The van der Waals surface area contributed by atoms with Crippen molar-refractivity contribution in [1.82, 2.24) is 0 Å². The summed E-state index contributed by atoms with van der Waals surface area (Å²) in [5, 5.41) is 9.31. The van der Waals surface area contributed by atoms with Crippen molar-refractivity contribution in [2.24, 2.45) is 5.92 Å². The summed E-state index contributed by atoms with van der Waals surface area (Å²) in [6.45, 7) is 0. The summed E-state index contributed by atoms with van der Waals surface area (Å²) in [4.78, 5) is 11.3. The van der Waals surface area contributed by atoms with E-state index in [9.17, 15) is 9.90 Å². The van der Waals surface area contributed by atoms with E-state index in [1.165, 1.54) is 0 Å². The highest BCUT2D eigenvalue weighted by Gasteiger charge is 2.60. The number of halogens is 1. The molecule has 1 saturated carbocycles. The molecule has 0 heterocycles. The summed E-state index contributed by atoms with van der Waals surface area (Å²) in [7, 11) is 0. The molecular formula is C16H15ClO2. The molecular weight excluding hydrogens is 260 g/mol. The van der Waals surface area contributed by atoms with Crippen LogP contribution < -0.4 is 0 Å². The van der Waals surface area contributed by atoms with Crippen LogP contribution in [0.5, 0.6) is 0 Å². The minimum atomic E-state index is -0.706. The first-order valence-electron chi connectivity index (χ1n) is 6.09. The average Bonchev–Trinajstić information content (AvgIpc) is 3.18. The Balaban J connectivity index is 0.00000133. The summed E-state index contributed by atoms with van der Waals surface area (Å²) in [5.41, 5.74) is 1.88. The van der Waals surface area contributed by atoms with Gasteiger partial charge in [-0.3, -0.25) is 4.79 Å². The summed E-state index contributed by atoms with van der Waals surface area (Å²) in [5.74, 6) is -1.01. The Labute approximate surface area is 118 Å². The molecule has 3 heteroatoms. The zero-order valence-corrected chi connectivity index (χ0v) is 11.1. The van der Waals surface area contributed by atoms with Gasteiger partial charge in [0.1, 0.15) is 0 Å². The molecule has 0 aromatic heterocycles. The van der Waals surface area contributed by atoms with Crippen LogP contribution in [0.15, 0.2) is 60.7 Å². The van der Waals surface area contributed by atoms with Crippen LogP contribution in [0.4, 0.5) is 0 Å². The third-order valence-corrected chi connectivity index (χ3v) is 3.84. The molecule has 1 unspecified atom stereocenters. The molecule has 0 radical (unpaired) electrons. The molecule has 0 aliphatic heterocycles. The van der Waals surface area contributed by atoms with E-state index < -0.39 is 5.97 Å². The fourth-order valence-electron chi connectivity index (χ4n) is 2.84. The number of rotatable bonds is 3. The number of carboxylic acids is 1. The molecule has 2 aromatic rings. The Kier molecular flexibility index (Phi) is 3.63. The molecule has 1 aliphatic rings. The molecule has 1 aliphatic carbocycles. The first-order chi connectivity index (χ1) is 8.75. The van der Waals surface area contributed by atoms with E-state index >= 15 is 0 Å². The van der Waals surface area contributed by atoms with Gasteiger partial charge in [0.15, 0.2) is 0 Å². The molecule has 1 atom stereocenters. The summed E-state index contributed by atoms with van der Waals surface area (Å²) in [6, 6.07) is 19.9. The summed E-state index contributed by atoms with van der Waals surface area (Å²) >= 11 is 0. The molecule has 98 valence electrons. The lowest BCUT2D eigenvalue weighted by molar-refractivity contribution is -0.138. The van der Waals surface area contributed by atoms with Gasteiger partial charge in [-0.25, -0.2) is 0 Å². The smallest absolute Gasteiger partial charge is 0.307 e. The fourth-order valence-corrected chi connectivity index (χ4v) is 2.84. The molecule has 0 bridgehead atoms. The van der Waals surface area contributed by atoms with Gasteiger partial charge in [0, 0.05) is 5.41 Å². The number of benzene rings is 2. The van der Waals surface area contributed by atoms with E-state index in [2.05, 4.69) is 0 Å². The van der Waals surface area contributed by atoms with Crippen LogP contribution in [-0.4, -0.2) is 11.1 Å². The lowest BCUT2D eigenvalue weighted by Gasteiger charge is -2.17. The standard InChI is InChI=1S/C16H14O2.ClH/c17-15(18)14-11-16(14,12-7-3-1-4-8-12)13-9-5-2-6-10-13;/h1-10,14H,11H2,(H,17,18);1H. The van der Waals surface area contributed by atoms with Crippen molar-refractivity contribution < 1.29 is 9.90 Å². The first-order valence-corrected chi connectivity index (χ1v) is 6.09. The SMILES string of the molecule is Cl.O=C(O)C1CC1(c1ccccc1)c1ccccc1. The normalized spacial score (nSPS) is 19.3. The van der Waals surface area contributed by atoms with Gasteiger partial charge in [0.25, 0.3) is 0 Å². The highest BCUT2D eigenvalue weighted by Crippen LogP contribution is 2.58. The zero-order valence-electron chi connectivity index (χ0n) is 10.3. The molecule has 2 nitrogen and oxygen atoms in total. The minimum absolute atomic E-state index is 0. The second-order valence-corrected chi connectivity index (χ2v) is 4.80. The largest absolute Gasteiger partial charge is 0.481 e. The molecule has 2 aromatic carbocycles. The van der Waals surface area contributed by atoms with Crippen molar-refractivity contribution in [3.8, 4) is 0 Å². The Morgan fingerprint density at radius 3 is 1.68 bits per heavy atom.